The van der Waals surface area contributed by atoms with Gasteiger partial charge in [0, 0.05) is 16.7 Å². The van der Waals surface area contributed by atoms with Crippen LogP contribution in [0.4, 0.5) is 8.78 Å². The Labute approximate surface area is 182 Å². The van der Waals surface area contributed by atoms with E-state index in [1.165, 1.54) is 6.07 Å². The Morgan fingerprint density at radius 3 is 2.56 bits per heavy atom. The maximum absolute atomic E-state index is 14.1. The van der Waals surface area contributed by atoms with Gasteiger partial charge in [-0.3, -0.25) is 0 Å². The Morgan fingerprint density at radius 2 is 1.84 bits per heavy atom. The number of carbonyl (C=O) groups excluding carboxylic acids is 1. The van der Waals surface area contributed by atoms with E-state index in [-0.39, 0.29) is 17.9 Å². The summed E-state index contributed by atoms with van der Waals surface area (Å²) in [5.74, 6) is -2.43. The fourth-order valence-corrected chi connectivity index (χ4v) is 3.76. The normalized spacial score (nSPS) is 15.5. The minimum atomic E-state index is -4.15. The van der Waals surface area contributed by atoms with Crippen LogP contribution >= 0.6 is 0 Å². The zero-order valence-corrected chi connectivity index (χ0v) is 17.3. The number of sulfonamides is 1. The number of carbonyl (C=O) groups is 1. The van der Waals surface area contributed by atoms with E-state index in [0.717, 1.165) is 29.8 Å². The van der Waals surface area contributed by atoms with Crippen molar-refractivity contribution in [3.8, 4) is 5.75 Å². The van der Waals surface area contributed by atoms with E-state index >= 15 is 0 Å². The van der Waals surface area contributed by atoms with Crippen molar-refractivity contribution in [2.24, 2.45) is 5.14 Å². The first-order chi connectivity index (χ1) is 15.2. The van der Waals surface area contributed by atoms with E-state index in [1.807, 2.05) is 18.2 Å². The van der Waals surface area contributed by atoms with Gasteiger partial charge in [-0.2, -0.15) is 0 Å². The number of nitrogens with two attached hydrogens (primary N) is 1. The van der Waals surface area contributed by atoms with Gasteiger partial charge in [-0.15, -0.1) is 0 Å². The first-order valence-electron chi connectivity index (χ1n) is 9.36. The molecular formula is C22H17F2NO6S. The molecule has 10 heteroatoms. The summed E-state index contributed by atoms with van der Waals surface area (Å²) in [6.07, 6.45) is -0.743. The molecule has 0 radical (unpaired) electrons. The van der Waals surface area contributed by atoms with Gasteiger partial charge in [0.1, 0.15) is 24.0 Å². The third-order valence-electron chi connectivity index (χ3n) is 4.74. The predicted octanol–water partition coefficient (Wildman–Crippen LogP) is 3.58. The summed E-state index contributed by atoms with van der Waals surface area (Å²) in [4.78, 5) is 12.0. The molecule has 3 aromatic carbocycles. The molecule has 1 unspecified atom stereocenters. The smallest absolute Gasteiger partial charge is 0.341 e. The fourth-order valence-electron chi connectivity index (χ4n) is 3.22. The lowest BCUT2D eigenvalue weighted by atomic mass is 10.1. The topological polar surface area (TPSA) is 105 Å². The lowest BCUT2D eigenvalue weighted by Gasteiger charge is -2.28. The highest BCUT2D eigenvalue weighted by molar-refractivity contribution is 7.89. The highest BCUT2D eigenvalue weighted by Crippen LogP contribution is 2.37. The third kappa shape index (κ3) is 4.62. The molecule has 0 bridgehead atoms. The summed E-state index contributed by atoms with van der Waals surface area (Å²) in [5, 5.41) is 5.02. The number of fused-ring (bicyclic) bond motifs is 1. The van der Waals surface area contributed by atoms with Crippen LogP contribution < -0.4 is 9.88 Å². The average molecular weight is 461 g/mol. The molecule has 0 fully saturated rings. The van der Waals surface area contributed by atoms with Crippen molar-refractivity contribution in [2.75, 3.05) is 0 Å². The van der Waals surface area contributed by atoms with Gasteiger partial charge in [-0.05, 0) is 30.3 Å². The molecule has 3 aromatic rings. The molecule has 1 atom stereocenters. The maximum atomic E-state index is 14.1. The van der Waals surface area contributed by atoms with Crippen LogP contribution in [-0.4, -0.2) is 14.4 Å². The highest BCUT2D eigenvalue weighted by atomic mass is 32.2. The predicted molar refractivity (Wildman–Crippen MR) is 108 cm³/mol. The fraction of sp³-hybridized carbons (Fsp3) is 0.136. The Balaban J connectivity index is 1.57. The molecule has 0 saturated heterocycles. The standard InChI is InChI=1S/C22H17F2NO6S/c23-16-8-14(11-29-21(26)18-10-17(32(25,27)28)6-7-19(18)24)20-15(9-16)12-30-22(31-20)13-4-2-1-3-5-13/h1-10,22H,11-12H2,(H2,25,27,28). The minimum Gasteiger partial charge on any atom is -0.460 e. The first kappa shape index (κ1) is 21.9. The van der Waals surface area contributed by atoms with Crippen molar-refractivity contribution < 1.29 is 36.2 Å². The van der Waals surface area contributed by atoms with E-state index in [2.05, 4.69) is 0 Å². The molecule has 2 N–H and O–H groups in total. The van der Waals surface area contributed by atoms with Crippen molar-refractivity contribution in [3.63, 3.8) is 0 Å². The zero-order valence-electron chi connectivity index (χ0n) is 16.5. The largest absolute Gasteiger partial charge is 0.460 e. The van der Waals surface area contributed by atoms with E-state index in [9.17, 15) is 22.0 Å². The van der Waals surface area contributed by atoms with E-state index in [1.54, 1.807) is 12.1 Å². The van der Waals surface area contributed by atoms with Crippen LogP contribution in [0.3, 0.4) is 0 Å². The summed E-state index contributed by atoms with van der Waals surface area (Å²) in [7, 11) is -4.15. The van der Waals surface area contributed by atoms with Crippen LogP contribution in [0.25, 0.3) is 0 Å². The molecular weight excluding hydrogens is 444 g/mol. The Kier molecular flexibility index (Phi) is 5.92. The van der Waals surface area contributed by atoms with Crippen LogP contribution in [0.15, 0.2) is 65.6 Å². The average Bonchev–Trinajstić information content (AvgIpc) is 2.77. The van der Waals surface area contributed by atoms with Crippen molar-refractivity contribution in [3.05, 3.63) is 94.6 Å². The molecule has 1 heterocycles. The Hall–Kier alpha value is -3.34. The summed E-state index contributed by atoms with van der Waals surface area (Å²) < 4.78 is 67.7. The van der Waals surface area contributed by atoms with Crippen molar-refractivity contribution in [1.82, 2.24) is 0 Å². The van der Waals surface area contributed by atoms with Gasteiger partial charge in [0.15, 0.2) is 0 Å². The number of primary sulfonamides is 1. The van der Waals surface area contributed by atoms with Gasteiger partial charge in [-0.25, -0.2) is 27.1 Å². The summed E-state index contributed by atoms with van der Waals surface area (Å²) in [6.45, 7) is -0.377. The molecule has 0 aromatic heterocycles. The number of rotatable bonds is 5. The van der Waals surface area contributed by atoms with Crippen molar-refractivity contribution >= 4 is 16.0 Å². The number of benzene rings is 3. The lowest BCUT2D eigenvalue weighted by molar-refractivity contribution is -0.112. The van der Waals surface area contributed by atoms with Crippen molar-refractivity contribution in [2.45, 2.75) is 24.4 Å². The van der Waals surface area contributed by atoms with Crippen molar-refractivity contribution in [1.29, 1.82) is 0 Å². The molecule has 0 spiro atoms. The SMILES string of the molecule is NS(=O)(=O)c1ccc(F)c(C(=O)OCc2cc(F)cc3c2OC(c2ccccc2)OC3)c1. The number of halogens is 2. The Bertz CT molecular complexity index is 1280. The van der Waals surface area contributed by atoms with Crippen LogP contribution in [0.5, 0.6) is 5.75 Å². The number of ether oxygens (including phenoxy) is 3. The van der Waals surface area contributed by atoms with E-state index < -0.39 is 51.0 Å². The van der Waals surface area contributed by atoms with Gasteiger partial charge in [0.2, 0.25) is 16.3 Å². The zero-order chi connectivity index (χ0) is 22.9. The molecule has 0 amide bonds. The first-order valence-corrected chi connectivity index (χ1v) is 10.9. The molecule has 0 aliphatic carbocycles. The molecule has 1 aliphatic rings. The molecule has 0 saturated carbocycles. The van der Waals surface area contributed by atoms with Gasteiger partial charge >= 0.3 is 5.97 Å². The van der Waals surface area contributed by atoms with Crippen LogP contribution in [-0.2, 0) is 32.7 Å². The maximum Gasteiger partial charge on any atom is 0.341 e. The third-order valence-corrected chi connectivity index (χ3v) is 5.65. The van der Waals surface area contributed by atoms with E-state index in [0.29, 0.717) is 5.56 Å². The molecule has 166 valence electrons. The van der Waals surface area contributed by atoms with Gasteiger partial charge < -0.3 is 14.2 Å². The summed E-state index contributed by atoms with van der Waals surface area (Å²) in [5.41, 5.74) is 0.756. The highest BCUT2D eigenvalue weighted by Gasteiger charge is 2.26. The Morgan fingerprint density at radius 1 is 1.09 bits per heavy atom. The second kappa shape index (κ2) is 8.65. The summed E-state index contributed by atoms with van der Waals surface area (Å²) >= 11 is 0. The van der Waals surface area contributed by atoms with Crippen LogP contribution in [0.2, 0.25) is 0 Å². The molecule has 7 nitrogen and oxygen atoms in total. The van der Waals surface area contributed by atoms with Crippen LogP contribution in [0.1, 0.15) is 33.3 Å². The second-order valence-electron chi connectivity index (χ2n) is 6.99. The summed E-state index contributed by atoms with van der Waals surface area (Å²) in [6, 6.07) is 14.0. The molecule has 4 rings (SSSR count). The number of hydrogen-bond acceptors (Lipinski definition) is 6. The number of hydrogen-bond donors (Lipinski definition) is 1. The molecule has 32 heavy (non-hydrogen) atoms. The van der Waals surface area contributed by atoms with E-state index in [4.69, 9.17) is 19.3 Å². The monoisotopic (exact) mass is 461 g/mol. The second-order valence-corrected chi connectivity index (χ2v) is 8.55. The number of esters is 1. The quantitative estimate of drug-likeness (QED) is 0.583. The minimum absolute atomic E-state index is 0.0681. The van der Waals surface area contributed by atoms with Gasteiger partial charge in [-0.1, -0.05) is 30.3 Å². The lowest BCUT2D eigenvalue weighted by Crippen LogP contribution is -2.20. The molecule has 1 aliphatic heterocycles. The van der Waals surface area contributed by atoms with Gasteiger partial charge in [0.05, 0.1) is 17.1 Å². The van der Waals surface area contributed by atoms with Crippen LogP contribution in [0, 0.1) is 11.6 Å². The van der Waals surface area contributed by atoms with Gasteiger partial charge in [0.25, 0.3) is 0 Å².